The fourth-order valence-electron chi connectivity index (χ4n) is 2.94. The van der Waals surface area contributed by atoms with Gasteiger partial charge in [-0.1, -0.05) is 44.4 Å². The summed E-state index contributed by atoms with van der Waals surface area (Å²) in [5.41, 5.74) is 4.31. The van der Waals surface area contributed by atoms with Gasteiger partial charge in [0.1, 0.15) is 0 Å². The quantitative estimate of drug-likeness (QED) is 0.604. The number of rotatable bonds is 2. The molecular formula is C16H23Cl. The topological polar surface area (TPSA) is 0 Å². The number of alkyl halides is 1. The predicted molar refractivity (Wildman–Crippen MR) is 75.7 cm³/mol. The standard InChI is InChI=1S/C16H23Cl/c1-12-7-8-14(11-13(12)2)15(17)16(3)9-5-4-6-10-16/h7-8,11,15H,4-6,9-10H2,1-3H3. The molecule has 17 heavy (non-hydrogen) atoms. The minimum absolute atomic E-state index is 0.169. The van der Waals surface area contributed by atoms with Gasteiger partial charge in [0.25, 0.3) is 0 Å². The average Bonchev–Trinajstić information content (AvgIpc) is 2.33. The normalized spacial score (nSPS) is 21.2. The van der Waals surface area contributed by atoms with Crippen molar-refractivity contribution in [3.8, 4) is 0 Å². The second-order valence-corrected chi connectivity index (χ2v) is 6.36. The Morgan fingerprint density at radius 2 is 1.71 bits per heavy atom. The van der Waals surface area contributed by atoms with Crippen molar-refractivity contribution in [3.05, 3.63) is 34.9 Å². The van der Waals surface area contributed by atoms with Crippen molar-refractivity contribution in [2.45, 2.75) is 58.3 Å². The third-order valence-corrected chi connectivity index (χ3v) is 5.21. The molecule has 0 amide bonds. The molecule has 1 atom stereocenters. The van der Waals surface area contributed by atoms with Crippen molar-refractivity contribution in [3.63, 3.8) is 0 Å². The second-order valence-electron chi connectivity index (χ2n) is 5.92. The molecule has 1 aromatic carbocycles. The summed E-state index contributed by atoms with van der Waals surface area (Å²) in [6, 6.07) is 6.68. The SMILES string of the molecule is Cc1ccc(C(Cl)C2(C)CCCCC2)cc1C. The van der Waals surface area contributed by atoms with Crippen LogP contribution in [-0.2, 0) is 0 Å². The van der Waals surface area contributed by atoms with Gasteiger partial charge in [0.05, 0.1) is 5.38 Å². The molecule has 0 spiro atoms. The Bertz CT molecular complexity index is 389. The first-order chi connectivity index (χ1) is 8.03. The molecule has 2 rings (SSSR count). The number of aryl methyl sites for hydroxylation is 2. The van der Waals surface area contributed by atoms with Crippen LogP contribution in [0, 0.1) is 19.3 Å². The fourth-order valence-corrected chi connectivity index (χ4v) is 3.29. The molecule has 0 saturated heterocycles. The summed E-state index contributed by atoms with van der Waals surface area (Å²) in [4.78, 5) is 0. The van der Waals surface area contributed by atoms with Crippen LogP contribution in [0.1, 0.15) is 61.1 Å². The number of hydrogen-bond acceptors (Lipinski definition) is 0. The minimum Gasteiger partial charge on any atom is -0.117 e. The molecule has 1 aromatic rings. The van der Waals surface area contributed by atoms with E-state index >= 15 is 0 Å². The molecule has 1 heteroatoms. The van der Waals surface area contributed by atoms with Crippen LogP contribution in [-0.4, -0.2) is 0 Å². The Labute approximate surface area is 110 Å². The van der Waals surface area contributed by atoms with Crippen molar-refractivity contribution in [1.29, 1.82) is 0 Å². The highest BCUT2D eigenvalue weighted by Crippen LogP contribution is 2.49. The molecule has 94 valence electrons. The van der Waals surface area contributed by atoms with Crippen LogP contribution in [0.3, 0.4) is 0 Å². The summed E-state index contributed by atoms with van der Waals surface area (Å²) in [5.74, 6) is 0. The molecule has 1 unspecified atom stereocenters. The van der Waals surface area contributed by atoms with E-state index in [1.807, 2.05) is 0 Å². The summed E-state index contributed by atoms with van der Waals surface area (Å²) >= 11 is 6.75. The third kappa shape index (κ3) is 2.68. The molecule has 0 N–H and O–H groups in total. The highest BCUT2D eigenvalue weighted by Gasteiger charge is 2.35. The predicted octanol–water partition coefficient (Wildman–Crippen LogP) is 5.55. The molecular weight excluding hydrogens is 228 g/mol. The summed E-state index contributed by atoms with van der Waals surface area (Å²) < 4.78 is 0. The first-order valence-corrected chi connectivity index (χ1v) is 7.18. The Hall–Kier alpha value is -0.490. The Morgan fingerprint density at radius 1 is 1.06 bits per heavy atom. The van der Waals surface area contributed by atoms with Gasteiger partial charge in [-0.15, -0.1) is 11.6 Å². The van der Waals surface area contributed by atoms with Gasteiger partial charge in [-0.2, -0.15) is 0 Å². The van der Waals surface area contributed by atoms with E-state index in [1.165, 1.54) is 48.8 Å². The molecule has 0 bridgehead atoms. The number of hydrogen-bond donors (Lipinski definition) is 0. The van der Waals surface area contributed by atoms with Crippen molar-refractivity contribution in [2.75, 3.05) is 0 Å². The zero-order valence-electron chi connectivity index (χ0n) is 11.2. The summed E-state index contributed by atoms with van der Waals surface area (Å²) in [6.07, 6.45) is 6.60. The van der Waals surface area contributed by atoms with E-state index in [1.54, 1.807) is 0 Å². The molecule has 1 aliphatic carbocycles. The highest BCUT2D eigenvalue weighted by atomic mass is 35.5. The van der Waals surface area contributed by atoms with Crippen molar-refractivity contribution >= 4 is 11.6 Å². The van der Waals surface area contributed by atoms with Crippen LogP contribution in [0.2, 0.25) is 0 Å². The monoisotopic (exact) mass is 250 g/mol. The molecule has 0 aliphatic heterocycles. The molecule has 1 saturated carbocycles. The van der Waals surface area contributed by atoms with E-state index in [4.69, 9.17) is 11.6 Å². The van der Waals surface area contributed by atoms with E-state index in [-0.39, 0.29) is 5.38 Å². The Balaban J connectivity index is 2.23. The first kappa shape index (κ1) is 13.0. The van der Waals surface area contributed by atoms with E-state index < -0.39 is 0 Å². The number of halogens is 1. The van der Waals surface area contributed by atoms with Gasteiger partial charge in [0.2, 0.25) is 0 Å². The van der Waals surface area contributed by atoms with Gasteiger partial charge < -0.3 is 0 Å². The average molecular weight is 251 g/mol. The van der Waals surface area contributed by atoms with Gasteiger partial charge >= 0.3 is 0 Å². The maximum Gasteiger partial charge on any atom is 0.0638 e. The van der Waals surface area contributed by atoms with Crippen molar-refractivity contribution < 1.29 is 0 Å². The fraction of sp³-hybridized carbons (Fsp3) is 0.625. The maximum atomic E-state index is 6.75. The molecule has 1 fully saturated rings. The van der Waals surface area contributed by atoms with E-state index in [0.717, 1.165) is 0 Å². The lowest BCUT2D eigenvalue weighted by molar-refractivity contribution is 0.206. The van der Waals surface area contributed by atoms with Crippen LogP contribution < -0.4 is 0 Å². The van der Waals surface area contributed by atoms with Crippen molar-refractivity contribution in [2.24, 2.45) is 5.41 Å². The molecule has 0 heterocycles. The second kappa shape index (κ2) is 5.02. The van der Waals surface area contributed by atoms with Gasteiger partial charge in [0.15, 0.2) is 0 Å². The maximum absolute atomic E-state index is 6.75. The van der Waals surface area contributed by atoms with Gasteiger partial charge in [0, 0.05) is 0 Å². The van der Waals surface area contributed by atoms with Crippen LogP contribution >= 0.6 is 11.6 Å². The lowest BCUT2D eigenvalue weighted by Gasteiger charge is -2.38. The van der Waals surface area contributed by atoms with Gasteiger partial charge in [-0.25, -0.2) is 0 Å². The minimum atomic E-state index is 0.169. The summed E-state index contributed by atoms with van der Waals surface area (Å²) in [6.45, 7) is 6.69. The van der Waals surface area contributed by atoms with Crippen molar-refractivity contribution in [1.82, 2.24) is 0 Å². The molecule has 1 aliphatic rings. The van der Waals surface area contributed by atoms with E-state index in [9.17, 15) is 0 Å². The lowest BCUT2D eigenvalue weighted by atomic mass is 9.71. The van der Waals surface area contributed by atoms with Crippen LogP contribution in [0.5, 0.6) is 0 Å². The zero-order valence-corrected chi connectivity index (χ0v) is 12.0. The van der Waals surface area contributed by atoms with Crippen LogP contribution in [0.25, 0.3) is 0 Å². The smallest absolute Gasteiger partial charge is 0.0638 e. The lowest BCUT2D eigenvalue weighted by Crippen LogP contribution is -2.25. The van der Waals surface area contributed by atoms with E-state index in [2.05, 4.69) is 39.0 Å². The Kier molecular flexibility index (Phi) is 3.82. The molecule has 0 nitrogen and oxygen atoms in total. The largest absolute Gasteiger partial charge is 0.117 e. The Morgan fingerprint density at radius 3 is 2.29 bits per heavy atom. The first-order valence-electron chi connectivity index (χ1n) is 6.74. The van der Waals surface area contributed by atoms with Crippen LogP contribution in [0.15, 0.2) is 18.2 Å². The number of benzene rings is 1. The third-order valence-electron chi connectivity index (χ3n) is 4.43. The van der Waals surface area contributed by atoms with Gasteiger partial charge in [-0.3, -0.25) is 0 Å². The zero-order chi connectivity index (χ0) is 12.5. The van der Waals surface area contributed by atoms with Crippen LogP contribution in [0.4, 0.5) is 0 Å². The van der Waals surface area contributed by atoms with E-state index in [0.29, 0.717) is 5.41 Å². The summed E-state index contributed by atoms with van der Waals surface area (Å²) in [5, 5.41) is 0.169. The highest BCUT2D eigenvalue weighted by molar-refractivity contribution is 6.21. The summed E-state index contributed by atoms with van der Waals surface area (Å²) in [7, 11) is 0. The molecule has 0 radical (unpaired) electrons. The molecule has 0 aromatic heterocycles. The van der Waals surface area contributed by atoms with Gasteiger partial charge in [-0.05, 0) is 48.8 Å².